The zero-order chi connectivity index (χ0) is 32.2. The van der Waals surface area contributed by atoms with Crippen LogP contribution in [0.5, 0.6) is 11.5 Å². The van der Waals surface area contributed by atoms with Gasteiger partial charge < -0.3 is 24.5 Å². The number of ether oxygens (including phenoxy) is 1. The highest BCUT2D eigenvalue weighted by Crippen LogP contribution is 2.33. The minimum atomic E-state index is -1.38. The molecule has 236 valence electrons. The molecular formula is C35H42O8S. The first-order valence-corrected chi connectivity index (χ1v) is 15.7. The van der Waals surface area contributed by atoms with Crippen LogP contribution in [-0.2, 0) is 6.42 Å². The molecule has 9 heteroatoms. The molecule has 2 aromatic rings. The van der Waals surface area contributed by atoms with E-state index in [2.05, 4.69) is 0 Å². The minimum absolute atomic E-state index is 0.00566. The van der Waals surface area contributed by atoms with Gasteiger partial charge in [0, 0.05) is 22.8 Å². The van der Waals surface area contributed by atoms with Crippen molar-refractivity contribution in [2.75, 3.05) is 6.61 Å². The van der Waals surface area contributed by atoms with Crippen LogP contribution in [0.15, 0.2) is 45.6 Å². The monoisotopic (exact) mass is 622 g/mol. The standard InChI is InChI=1S/C35H42O8S/c1-4-6-15-28(37)25(31-33(39)27-17-16-23(44)21-30(27)43-34(31)35(40)41)14-11-9-7-8-10-12-20-42-29-19-18-24(22(3)36)32(38)26(29)13-5-2/h7,9,11,14,17-19,21,25,28,37-38H,4-6,8,10,12-13,15-16,20H2,1-3H3,(H,40,41)/b9-7-,14-11+/t25-,28-/m1/s1. The van der Waals surface area contributed by atoms with Crippen molar-refractivity contribution in [2.45, 2.75) is 90.6 Å². The molecule has 0 unspecified atom stereocenters. The molecule has 1 aliphatic carbocycles. The van der Waals surface area contributed by atoms with Crippen molar-refractivity contribution in [3.8, 4) is 11.5 Å². The first kappa shape index (κ1) is 34.7. The second-order valence-electron chi connectivity index (χ2n) is 10.9. The van der Waals surface area contributed by atoms with Crippen LogP contribution >= 0.6 is 12.2 Å². The first-order valence-electron chi connectivity index (χ1n) is 15.3. The molecule has 1 aliphatic rings. The lowest BCUT2D eigenvalue weighted by Crippen LogP contribution is -2.45. The van der Waals surface area contributed by atoms with Crippen LogP contribution in [0, 0.1) is 0 Å². The van der Waals surface area contributed by atoms with Crippen molar-refractivity contribution in [2.24, 2.45) is 0 Å². The summed E-state index contributed by atoms with van der Waals surface area (Å²) in [5.41, 5.74) is 0.548. The second-order valence-corrected chi connectivity index (χ2v) is 11.4. The number of unbranched alkanes of at least 4 members (excludes halogenated alkanes) is 3. The molecule has 0 aliphatic heterocycles. The van der Waals surface area contributed by atoms with Gasteiger partial charge in [0.2, 0.25) is 5.76 Å². The fraction of sp³-hybridized carbons (Fsp3) is 0.429. The Bertz CT molecular complexity index is 1600. The number of aromatic carboxylic acids is 1. The lowest BCUT2D eigenvalue weighted by Gasteiger charge is -2.21. The quantitative estimate of drug-likeness (QED) is 0.0901. The van der Waals surface area contributed by atoms with Gasteiger partial charge in [-0.05, 0) is 57.2 Å². The number of aromatic hydroxyl groups is 1. The lowest BCUT2D eigenvalue weighted by atomic mass is 9.88. The molecule has 0 saturated heterocycles. The van der Waals surface area contributed by atoms with E-state index in [1.165, 1.54) is 13.0 Å². The third-order valence-corrected chi connectivity index (χ3v) is 7.80. The van der Waals surface area contributed by atoms with E-state index >= 15 is 0 Å². The zero-order valence-electron chi connectivity index (χ0n) is 25.6. The largest absolute Gasteiger partial charge is 0.507 e. The van der Waals surface area contributed by atoms with E-state index in [-0.39, 0.29) is 27.7 Å². The predicted molar refractivity (Wildman–Crippen MR) is 175 cm³/mol. The number of carboxylic acids is 1. The maximum Gasteiger partial charge on any atom is 0.372 e. The molecule has 3 N–H and O–H groups in total. The molecule has 0 spiro atoms. The van der Waals surface area contributed by atoms with Gasteiger partial charge in [0.25, 0.3) is 0 Å². The van der Waals surface area contributed by atoms with Gasteiger partial charge in [0.1, 0.15) is 16.9 Å². The van der Waals surface area contributed by atoms with Crippen LogP contribution in [0.2, 0.25) is 0 Å². The number of carboxylic acid groups (broad SMARTS) is 1. The van der Waals surface area contributed by atoms with Gasteiger partial charge in [-0.25, -0.2) is 4.79 Å². The molecule has 3 rings (SSSR count). The Balaban J connectivity index is 1.69. The van der Waals surface area contributed by atoms with Crippen LogP contribution in [0.1, 0.15) is 110 Å². The van der Waals surface area contributed by atoms with Crippen LogP contribution in [0.25, 0.3) is 12.2 Å². The summed E-state index contributed by atoms with van der Waals surface area (Å²) in [4.78, 5) is 38.0. The van der Waals surface area contributed by atoms with Gasteiger partial charge in [0.15, 0.2) is 11.2 Å². The molecule has 1 aromatic heterocycles. The molecule has 2 atom stereocenters. The number of benzene rings is 1. The van der Waals surface area contributed by atoms with Gasteiger partial charge in [-0.1, -0.05) is 75.7 Å². The predicted octanol–water partition coefficient (Wildman–Crippen LogP) is 5.53. The molecule has 0 bridgehead atoms. The highest BCUT2D eigenvalue weighted by atomic mass is 32.1. The van der Waals surface area contributed by atoms with Crippen LogP contribution in [-0.4, -0.2) is 44.6 Å². The van der Waals surface area contributed by atoms with E-state index in [1.807, 2.05) is 26.0 Å². The fourth-order valence-electron chi connectivity index (χ4n) is 5.19. The second kappa shape index (κ2) is 16.9. The van der Waals surface area contributed by atoms with Crippen molar-refractivity contribution >= 4 is 41.0 Å². The average Bonchev–Trinajstić information content (AvgIpc) is 2.98. The molecule has 0 amide bonds. The SMILES string of the molecule is CCCC[C@@H](O)[C@@H](/C=C/C=C\CCCCOc1ccc(C(C)=O)c(O)c1CCC)c1c(C(=O)O)oc2c(c1=O)=CCC(=S)C=2. The van der Waals surface area contributed by atoms with Crippen molar-refractivity contribution < 1.29 is 34.1 Å². The summed E-state index contributed by atoms with van der Waals surface area (Å²) < 4.78 is 11.6. The topological polar surface area (TPSA) is 134 Å². The summed E-state index contributed by atoms with van der Waals surface area (Å²) in [6, 6.07) is 3.33. The number of aliphatic hydroxyl groups excluding tert-OH is 1. The van der Waals surface area contributed by atoms with Gasteiger partial charge >= 0.3 is 5.97 Å². The van der Waals surface area contributed by atoms with Crippen molar-refractivity contribution in [3.05, 3.63) is 79.7 Å². The number of hydrogen-bond donors (Lipinski definition) is 3. The number of thiocarbonyl (C=S) groups is 1. The molecule has 0 radical (unpaired) electrons. The summed E-state index contributed by atoms with van der Waals surface area (Å²) >= 11 is 5.20. The van der Waals surface area contributed by atoms with E-state index in [1.54, 1.807) is 30.4 Å². The number of phenolic OH excluding ortho intramolecular Hbond substituents is 1. The number of aliphatic hydroxyl groups is 1. The summed E-state index contributed by atoms with van der Waals surface area (Å²) in [6.07, 6.45) is 15.5. The maximum absolute atomic E-state index is 13.5. The Morgan fingerprint density at radius 3 is 2.59 bits per heavy atom. The number of carbonyl (C=O) groups is 2. The highest BCUT2D eigenvalue weighted by Gasteiger charge is 2.29. The van der Waals surface area contributed by atoms with Crippen molar-refractivity contribution in [1.29, 1.82) is 0 Å². The molecule has 1 heterocycles. The number of phenols is 1. The Hall–Kier alpha value is -3.82. The van der Waals surface area contributed by atoms with E-state index in [4.69, 9.17) is 21.4 Å². The number of ketones is 1. The molecular weight excluding hydrogens is 580 g/mol. The number of rotatable bonds is 17. The molecule has 1 aromatic carbocycles. The van der Waals surface area contributed by atoms with E-state index in [0.717, 1.165) is 38.5 Å². The smallest absolute Gasteiger partial charge is 0.372 e. The zero-order valence-corrected chi connectivity index (χ0v) is 26.5. The van der Waals surface area contributed by atoms with Crippen LogP contribution in [0.4, 0.5) is 0 Å². The summed E-state index contributed by atoms with van der Waals surface area (Å²) in [6.45, 7) is 5.87. The van der Waals surface area contributed by atoms with E-state index in [9.17, 15) is 29.7 Å². The normalized spacial score (nSPS) is 14.2. The molecule has 44 heavy (non-hydrogen) atoms. The number of hydrogen-bond acceptors (Lipinski definition) is 8. The van der Waals surface area contributed by atoms with E-state index < -0.39 is 29.2 Å². The highest BCUT2D eigenvalue weighted by molar-refractivity contribution is 7.81. The van der Waals surface area contributed by atoms with Crippen molar-refractivity contribution in [1.82, 2.24) is 0 Å². The first-order chi connectivity index (χ1) is 21.1. The maximum atomic E-state index is 13.5. The van der Waals surface area contributed by atoms with E-state index in [0.29, 0.717) is 47.6 Å². The summed E-state index contributed by atoms with van der Waals surface area (Å²) in [5, 5.41) is 31.7. The van der Waals surface area contributed by atoms with Crippen LogP contribution in [0.3, 0.4) is 0 Å². The third-order valence-electron chi connectivity index (χ3n) is 7.51. The Morgan fingerprint density at radius 2 is 1.91 bits per heavy atom. The van der Waals surface area contributed by atoms with Crippen molar-refractivity contribution in [3.63, 3.8) is 0 Å². The Kier molecular flexibility index (Phi) is 13.3. The summed E-state index contributed by atoms with van der Waals surface area (Å²) in [7, 11) is 0. The number of allylic oxidation sites excluding steroid dienone is 3. The lowest BCUT2D eigenvalue weighted by molar-refractivity contribution is 0.0650. The van der Waals surface area contributed by atoms with Crippen LogP contribution < -0.4 is 20.8 Å². The molecule has 0 saturated carbocycles. The minimum Gasteiger partial charge on any atom is -0.507 e. The van der Waals surface area contributed by atoms with Gasteiger partial charge in [-0.15, -0.1) is 0 Å². The molecule has 8 nitrogen and oxygen atoms in total. The van der Waals surface area contributed by atoms with Gasteiger partial charge in [-0.3, -0.25) is 9.59 Å². The number of carbonyl (C=O) groups excluding carboxylic acids is 1. The Labute approximate surface area is 263 Å². The average molecular weight is 623 g/mol. The summed E-state index contributed by atoms with van der Waals surface area (Å²) in [5.74, 6) is -2.33. The molecule has 0 fully saturated rings. The number of Topliss-reactive ketones (excluding diaryl/α,β-unsaturated/α-hetero) is 1. The Morgan fingerprint density at radius 1 is 1.14 bits per heavy atom. The third kappa shape index (κ3) is 8.86. The van der Waals surface area contributed by atoms with Gasteiger partial charge in [0.05, 0.1) is 29.1 Å². The fourth-order valence-corrected chi connectivity index (χ4v) is 5.38. The van der Waals surface area contributed by atoms with Gasteiger partial charge in [-0.2, -0.15) is 0 Å². The number of fused-ring (bicyclic) bond motifs is 1.